The van der Waals surface area contributed by atoms with Crippen LogP contribution in [0.15, 0.2) is 90.1 Å². The van der Waals surface area contributed by atoms with Gasteiger partial charge in [0.2, 0.25) is 5.91 Å². The van der Waals surface area contributed by atoms with Crippen LogP contribution >= 0.6 is 0 Å². The zero-order chi connectivity index (χ0) is 24.8. The Morgan fingerprint density at radius 3 is 2.37 bits per heavy atom. The van der Waals surface area contributed by atoms with E-state index in [-0.39, 0.29) is 17.4 Å². The van der Waals surface area contributed by atoms with E-state index >= 15 is 0 Å². The first-order valence-electron chi connectivity index (χ1n) is 11.6. The molecule has 2 heterocycles. The van der Waals surface area contributed by atoms with Crippen molar-refractivity contribution in [3.05, 3.63) is 112 Å². The third-order valence-electron chi connectivity index (χ3n) is 5.96. The van der Waals surface area contributed by atoms with Crippen LogP contribution in [0.25, 0.3) is 11.3 Å². The Kier molecular flexibility index (Phi) is 7.48. The van der Waals surface area contributed by atoms with Gasteiger partial charge in [0.1, 0.15) is 11.9 Å². The number of hydrogen-bond donors (Lipinski definition) is 2. The fraction of sp³-hybridized carbons (Fsp3) is 0.214. The second-order valence-electron chi connectivity index (χ2n) is 8.71. The molecule has 0 radical (unpaired) electrons. The largest absolute Gasteiger partial charge is 0.309 e. The van der Waals surface area contributed by atoms with Crippen LogP contribution in [0.2, 0.25) is 0 Å². The normalized spacial score (nSPS) is 12.7. The van der Waals surface area contributed by atoms with Gasteiger partial charge >= 0.3 is 0 Å². The first kappa shape index (κ1) is 24.0. The lowest BCUT2D eigenvalue weighted by Gasteiger charge is -2.21. The van der Waals surface area contributed by atoms with Gasteiger partial charge in [-0.1, -0.05) is 67.1 Å². The van der Waals surface area contributed by atoms with Gasteiger partial charge in [0.25, 0.3) is 5.56 Å². The second kappa shape index (κ2) is 10.9. The van der Waals surface area contributed by atoms with Gasteiger partial charge in [-0.05, 0) is 36.1 Å². The molecule has 2 N–H and O–H groups in total. The van der Waals surface area contributed by atoms with Crippen molar-refractivity contribution >= 4 is 11.7 Å². The van der Waals surface area contributed by atoms with E-state index in [2.05, 4.69) is 58.7 Å². The van der Waals surface area contributed by atoms with Crippen molar-refractivity contribution in [2.24, 2.45) is 7.05 Å². The summed E-state index contributed by atoms with van der Waals surface area (Å²) in [6, 6.07) is 22.5. The van der Waals surface area contributed by atoms with E-state index in [1.807, 2.05) is 30.3 Å². The minimum Gasteiger partial charge on any atom is -0.309 e. The molecule has 0 saturated carbocycles. The summed E-state index contributed by atoms with van der Waals surface area (Å²) in [7, 11) is 1.65. The Balaban J connectivity index is 1.47. The molecule has 0 aliphatic rings. The van der Waals surface area contributed by atoms with Crippen molar-refractivity contribution in [1.82, 2.24) is 19.9 Å². The van der Waals surface area contributed by atoms with Gasteiger partial charge in [-0.25, -0.2) is 9.97 Å². The summed E-state index contributed by atoms with van der Waals surface area (Å²) in [5.41, 5.74) is 4.40. The Hall–Kier alpha value is -4.10. The summed E-state index contributed by atoms with van der Waals surface area (Å²) >= 11 is 0. The molecule has 2 aromatic carbocycles. The van der Waals surface area contributed by atoms with Crippen molar-refractivity contribution < 1.29 is 4.79 Å². The lowest BCUT2D eigenvalue weighted by Crippen LogP contribution is -2.35. The van der Waals surface area contributed by atoms with Crippen LogP contribution in [-0.2, 0) is 11.8 Å². The van der Waals surface area contributed by atoms with Crippen LogP contribution in [0, 0.1) is 6.92 Å². The number of amides is 1. The van der Waals surface area contributed by atoms with E-state index in [1.165, 1.54) is 28.1 Å². The van der Waals surface area contributed by atoms with Gasteiger partial charge in [0.05, 0.1) is 12.0 Å². The molecule has 0 aliphatic carbocycles. The molecule has 35 heavy (non-hydrogen) atoms. The van der Waals surface area contributed by atoms with Crippen molar-refractivity contribution in [2.75, 3.05) is 11.9 Å². The number of hydrogen-bond acceptors (Lipinski definition) is 5. The molecule has 0 bridgehead atoms. The average Bonchev–Trinajstić information content (AvgIpc) is 2.87. The van der Waals surface area contributed by atoms with Crippen molar-refractivity contribution in [3.8, 4) is 11.3 Å². The molecule has 2 atom stereocenters. The zero-order valence-electron chi connectivity index (χ0n) is 20.1. The predicted octanol–water partition coefficient (Wildman–Crippen LogP) is 4.22. The van der Waals surface area contributed by atoms with Crippen LogP contribution in [0.5, 0.6) is 0 Å². The van der Waals surface area contributed by atoms with E-state index in [1.54, 1.807) is 25.4 Å². The molecule has 0 unspecified atom stereocenters. The Morgan fingerprint density at radius 1 is 0.971 bits per heavy atom. The summed E-state index contributed by atoms with van der Waals surface area (Å²) in [6.07, 6.45) is 3.07. The molecule has 178 valence electrons. The minimum absolute atomic E-state index is 0.149. The van der Waals surface area contributed by atoms with Gasteiger partial charge in [-0.2, -0.15) is 0 Å². The minimum atomic E-state index is -0.538. The summed E-state index contributed by atoms with van der Waals surface area (Å²) in [5, 5.41) is 6.34. The highest BCUT2D eigenvalue weighted by Crippen LogP contribution is 2.20. The van der Waals surface area contributed by atoms with E-state index in [0.29, 0.717) is 23.6 Å². The van der Waals surface area contributed by atoms with Crippen molar-refractivity contribution in [3.63, 3.8) is 0 Å². The topological polar surface area (TPSA) is 88.9 Å². The van der Waals surface area contributed by atoms with Crippen LogP contribution < -0.4 is 16.2 Å². The van der Waals surface area contributed by atoms with Crippen LogP contribution in [0.1, 0.15) is 35.6 Å². The third-order valence-corrected chi connectivity index (χ3v) is 5.96. The molecule has 0 spiro atoms. The highest BCUT2D eigenvalue weighted by atomic mass is 16.2. The van der Waals surface area contributed by atoms with Gasteiger partial charge in [-0.15, -0.1) is 0 Å². The SMILES string of the molecule is Cc1ccc([C@H](C)CN[C@@H](C(=O)Nc2ccc(-c3cc(=O)n(C)cn3)cn2)c2ccccc2)cc1. The predicted molar refractivity (Wildman–Crippen MR) is 138 cm³/mol. The van der Waals surface area contributed by atoms with Crippen molar-refractivity contribution in [1.29, 1.82) is 0 Å². The molecule has 0 aliphatic heterocycles. The molecule has 7 heteroatoms. The second-order valence-corrected chi connectivity index (χ2v) is 8.71. The lowest BCUT2D eigenvalue weighted by molar-refractivity contribution is -0.118. The number of benzene rings is 2. The van der Waals surface area contributed by atoms with E-state index in [9.17, 15) is 9.59 Å². The molecule has 7 nitrogen and oxygen atoms in total. The molecule has 0 saturated heterocycles. The smallest absolute Gasteiger partial charge is 0.253 e. The summed E-state index contributed by atoms with van der Waals surface area (Å²) < 4.78 is 1.40. The summed E-state index contributed by atoms with van der Waals surface area (Å²) in [6.45, 7) is 4.85. The van der Waals surface area contributed by atoms with Gasteiger partial charge < -0.3 is 15.2 Å². The Morgan fingerprint density at radius 2 is 1.71 bits per heavy atom. The van der Waals surface area contributed by atoms with Crippen LogP contribution in [0.3, 0.4) is 0 Å². The van der Waals surface area contributed by atoms with Gasteiger partial charge in [0.15, 0.2) is 0 Å². The van der Waals surface area contributed by atoms with Gasteiger partial charge in [-0.3, -0.25) is 9.59 Å². The fourth-order valence-electron chi connectivity index (χ4n) is 3.75. The van der Waals surface area contributed by atoms with E-state index in [0.717, 1.165) is 5.56 Å². The summed E-state index contributed by atoms with van der Waals surface area (Å²) in [4.78, 5) is 33.8. The van der Waals surface area contributed by atoms with Crippen LogP contribution in [0.4, 0.5) is 5.82 Å². The molecule has 1 amide bonds. The average molecular weight is 468 g/mol. The highest BCUT2D eigenvalue weighted by molar-refractivity contribution is 5.94. The highest BCUT2D eigenvalue weighted by Gasteiger charge is 2.21. The maximum atomic E-state index is 13.3. The molecular weight excluding hydrogens is 438 g/mol. The molecule has 0 fully saturated rings. The lowest BCUT2D eigenvalue weighted by atomic mass is 9.98. The Labute approximate surface area is 204 Å². The number of aromatic nitrogens is 3. The number of rotatable bonds is 8. The van der Waals surface area contributed by atoms with Crippen LogP contribution in [-0.4, -0.2) is 27.0 Å². The van der Waals surface area contributed by atoms with Crippen molar-refractivity contribution in [2.45, 2.75) is 25.8 Å². The summed E-state index contributed by atoms with van der Waals surface area (Å²) in [5.74, 6) is 0.467. The Bertz CT molecular complexity index is 1330. The van der Waals surface area contributed by atoms with Gasteiger partial charge in [0, 0.05) is 31.4 Å². The third kappa shape index (κ3) is 6.07. The maximum Gasteiger partial charge on any atom is 0.253 e. The molecular formula is C28H29N5O2. The number of nitrogens with one attached hydrogen (secondary N) is 2. The molecule has 4 rings (SSSR count). The number of pyridine rings is 1. The number of carbonyl (C=O) groups excluding carboxylic acids is 1. The maximum absolute atomic E-state index is 13.3. The molecule has 4 aromatic rings. The van der Waals surface area contributed by atoms with E-state index < -0.39 is 6.04 Å². The standard InChI is InChI=1S/C28H29N5O2/c1-19-9-11-21(12-10-19)20(2)16-30-27(22-7-5-4-6-8-22)28(35)32-25-14-13-23(17-29-25)24-15-26(34)33(3)18-31-24/h4-15,17-18,20,27,30H,16H2,1-3H3,(H,29,32,35)/t20-,27-/m1/s1. The fourth-order valence-corrected chi connectivity index (χ4v) is 3.75. The number of anilines is 1. The monoisotopic (exact) mass is 467 g/mol. The number of aryl methyl sites for hydroxylation is 2. The zero-order valence-corrected chi connectivity index (χ0v) is 20.1. The van der Waals surface area contributed by atoms with E-state index in [4.69, 9.17) is 0 Å². The first-order valence-corrected chi connectivity index (χ1v) is 11.6. The number of nitrogens with zero attached hydrogens (tertiary/aromatic N) is 3. The quantitative estimate of drug-likeness (QED) is 0.405. The number of carbonyl (C=O) groups is 1. The first-order chi connectivity index (χ1) is 16.9. The molecule has 2 aromatic heterocycles.